The highest BCUT2D eigenvalue weighted by Crippen LogP contribution is 2.30. The van der Waals surface area contributed by atoms with E-state index in [1.807, 2.05) is 36.4 Å². The number of primary amides is 1. The first-order valence-corrected chi connectivity index (χ1v) is 8.83. The van der Waals surface area contributed by atoms with Crippen molar-refractivity contribution in [3.8, 4) is 11.1 Å². The molecule has 1 aromatic heterocycles. The van der Waals surface area contributed by atoms with Gasteiger partial charge in [-0.2, -0.15) is 0 Å². The van der Waals surface area contributed by atoms with Gasteiger partial charge in [-0.1, -0.05) is 30.3 Å². The third-order valence-corrected chi connectivity index (χ3v) is 4.75. The number of aromatic nitrogens is 2. The Bertz CT molecular complexity index is 936. The smallest absolute Gasteiger partial charge is 0.250 e. The number of fused-ring (bicyclic) bond motifs is 1. The lowest BCUT2D eigenvalue weighted by atomic mass is 9.99. The van der Waals surface area contributed by atoms with Gasteiger partial charge in [-0.15, -0.1) is 0 Å². The average molecular weight is 347 g/mol. The molecule has 26 heavy (non-hydrogen) atoms. The van der Waals surface area contributed by atoms with E-state index in [9.17, 15) is 4.79 Å². The Balaban J connectivity index is 1.85. The van der Waals surface area contributed by atoms with Crippen molar-refractivity contribution in [2.45, 2.75) is 18.9 Å². The molecule has 1 fully saturated rings. The number of benzene rings is 2. The molecule has 1 aliphatic rings. The first-order valence-electron chi connectivity index (χ1n) is 8.83. The molecule has 0 spiro atoms. The zero-order chi connectivity index (χ0) is 17.9. The van der Waals surface area contributed by atoms with E-state index in [1.165, 1.54) is 6.33 Å². The Kier molecular flexibility index (Phi) is 4.50. The minimum atomic E-state index is -0.489. The molecule has 1 unspecified atom stereocenters. The van der Waals surface area contributed by atoms with Crippen LogP contribution in [-0.4, -0.2) is 35.0 Å². The molecule has 132 valence electrons. The molecule has 6 nitrogen and oxygen atoms in total. The van der Waals surface area contributed by atoms with Crippen LogP contribution in [0.4, 0.5) is 5.82 Å². The Hall–Kier alpha value is -2.99. The monoisotopic (exact) mass is 347 g/mol. The van der Waals surface area contributed by atoms with Gasteiger partial charge in [0.15, 0.2) is 0 Å². The predicted molar refractivity (Wildman–Crippen MR) is 103 cm³/mol. The summed E-state index contributed by atoms with van der Waals surface area (Å²) in [7, 11) is 0. The lowest BCUT2D eigenvalue weighted by Crippen LogP contribution is -2.38. The molecule has 2 heterocycles. The van der Waals surface area contributed by atoms with Gasteiger partial charge in [-0.05, 0) is 42.6 Å². The number of piperidine rings is 1. The maximum absolute atomic E-state index is 12.0. The number of nitrogens with two attached hydrogens (primary N) is 1. The highest BCUT2D eigenvalue weighted by atomic mass is 16.1. The first kappa shape index (κ1) is 16.5. The average Bonchev–Trinajstić information content (AvgIpc) is 2.69. The van der Waals surface area contributed by atoms with E-state index >= 15 is 0 Å². The zero-order valence-corrected chi connectivity index (χ0v) is 14.4. The number of carbonyl (C=O) groups excluding carboxylic acids is 1. The highest BCUT2D eigenvalue weighted by molar-refractivity contribution is 6.08. The van der Waals surface area contributed by atoms with Crippen LogP contribution in [0.2, 0.25) is 0 Å². The molecular formula is C20H21N5O. The van der Waals surface area contributed by atoms with Crippen molar-refractivity contribution in [1.29, 1.82) is 0 Å². The molecule has 1 aliphatic heterocycles. The number of rotatable bonds is 4. The van der Waals surface area contributed by atoms with Gasteiger partial charge in [-0.3, -0.25) is 4.79 Å². The van der Waals surface area contributed by atoms with Gasteiger partial charge in [0.1, 0.15) is 12.1 Å². The van der Waals surface area contributed by atoms with Gasteiger partial charge < -0.3 is 16.4 Å². The number of carbonyl (C=O) groups is 1. The highest BCUT2D eigenvalue weighted by Gasteiger charge is 2.18. The van der Waals surface area contributed by atoms with E-state index in [0.717, 1.165) is 48.3 Å². The summed E-state index contributed by atoms with van der Waals surface area (Å²) in [6.45, 7) is 1.94. The Morgan fingerprint density at radius 2 is 2.00 bits per heavy atom. The molecule has 0 aliphatic carbocycles. The molecule has 1 amide bonds. The Morgan fingerprint density at radius 3 is 2.73 bits per heavy atom. The van der Waals surface area contributed by atoms with E-state index in [1.54, 1.807) is 6.07 Å². The summed E-state index contributed by atoms with van der Waals surface area (Å²) in [5.74, 6) is 0.251. The topological polar surface area (TPSA) is 92.9 Å². The summed E-state index contributed by atoms with van der Waals surface area (Å²) >= 11 is 0. The second-order valence-corrected chi connectivity index (χ2v) is 6.56. The van der Waals surface area contributed by atoms with E-state index in [4.69, 9.17) is 5.73 Å². The minimum Gasteiger partial charge on any atom is -0.366 e. The van der Waals surface area contributed by atoms with Crippen LogP contribution in [0.15, 0.2) is 48.8 Å². The van der Waals surface area contributed by atoms with Crippen molar-refractivity contribution in [1.82, 2.24) is 15.3 Å². The maximum atomic E-state index is 12.0. The molecule has 2 aromatic carbocycles. The molecular weight excluding hydrogens is 326 g/mol. The van der Waals surface area contributed by atoms with Crippen LogP contribution >= 0.6 is 0 Å². The van der Waals surface area contributed by atoms with Crippen LogP contribution in [0.5, 0.6) is 0 Å². The molecule has 4 rings (SSSR count). The van der Waals surface area contributed by atoms with Crippen LogP contribution < -0.4 is 16.4 Å². The van der Waals surface area contributed by atoms with Crippen molar-refractivity contribution in [3.63, 3.8) is 0 Å². The molecule has 6 heteroatoms. The molecule has 3 aromatic rings. The van der Waals surface area contributed by atoms with Crippen LogP contribution in [0, 0.1) is 0 Å². The van der Waals surface area contributed by atoms with Crippen LogP contribution in [0.1, 0.15) is 23.2 Å². The summed E-state index contributed by atoms with van der Waals surface area (Å²) in [6, 6.07) is 14.1. The number of hydrogen-bond donors (Lipinski definition) is 3. The lowest BCUT2D eigenvalue weighted by Gasteiger charge is -2.25. The fourth-order valence-corrected chi connectivity index (χ4v) is 3.44. The van der Waals surface area contributed by atoms with Crippen LogP contribution in [0.25, 0.3) is 22.0 Å². The molecule has 0 radical (unpaired) electrons. The summed E-state index contributed by atoms with van der Waals surface area (Å²) in [6.07, 6.45) is 3.69. The summed E-state index contributed by atoms with van der Waals surface area (Å²) < 4.78 is 0. The van der Waals surface area contributed by atoms with Crippen molar-refractivity contribution in [2.24, 2.45) is 5.73 Å². The summed E-state index contributed by atoms with van der Waals surface area (Å²) in [5, 5.41) is 7.71. The molecule has 1 atom stereocenters. The molecule has 0 saturated carbocycles. The Morgan fingerprint density at radius 1 is 1.15 bits per heavy atom. The van der Waals surface area contributed by atoms with Gasteiger partial charge in [0.25, 0.3) is 5.91 Å². The fourth-order valence-electron chi connectivity index (χ4n) is 3.44. The third kappa shape index (κ3) is 3.23. The van der Waals surface area contributed by atoms with E-state index in [-0.39, 0.29) is 0 Å². The van der Waals surface area contributed by atoms with Crippen LogP contribution in [0.3, 0.4) is 0 Å². The number of anilines is 1. The fraction of sp³-hybridized carbons (Fsp3) is 0.250. The summed E-state index contributed by atoms with van der Waals surface area (Å²) in [5.41, 5.74) is 8.57. The molecule has 1 saturated heterocycles. The normalized spacial score (nSPS) is 17.2. The number of nitrogens with zero attached hydrogens (tertiary/aromatic N) is 2. The summed E-state index contributed by atoms with van der Waals surface area (Å²) in [4.78, 5) is 20.8. The van der Waals surface area contributed by atoms with E-state index < -0.39 is 5.91 Å². The van der Waals surface area contributed by atoms with Gasteiger partial charge in [-0.25, -0.2) is 9.97 Å². The molecule has 0 bridgehead atoms. The standard InChI is InChI=1S/C20H21N5O/c21-19(26)16-9-14(13-5-2-1-3-6-13)10-17-18(16)23-12-24-20(17)25-15-7-4-8-22-11-15/h1-3,5-6,9-10,12,15,22H,4,7-8,11H2,(H2,21,26)(H,23,24,25). The third-order valence-electron chi connectivity index (χ3n) is 4.75. The Labute approximate surface area is 151 Å². The van der Waals surface area contributed by atoms with Gasteiger partial charge in [0.05, 0.1) is 11.1 Å². The number of amides is 1. The minimum absolute atomic E-state index is 0.305. The largest absolute Gasteiger partial charge is 0.366 e. The van der Waals surface area contributed by atoms with E-state index in [2.05, 4.69) is 20.6 Å². The second-order valence-electron chi connectivity index (χ2n) is 6.56. The quantitative estimate of drug-likeness (QED) is 0.674. The van der Waals surface area contributed by atoms with Gasteiger partial charge >= 0.3 is 0 Å². The van der Waals surface area contributed by atoms with Crippen molar-refractivity contribution in [3.05, 3.63) is 54.4 Å². The maximum Gasteiger partial charge on any atom is 0.250 e. The van der Waals surface area contributed by atoms with Crippen molar-refractivity contribution in [2.75, 3.05) is 18.4 Å². The van der Waals surface area contributed by atoms with Crippen LogP contribution in [-0.2, 0) is 0 Å². The zero-order valence-electron chi connectivity index (χ0n) is 14.4. The van der Waals surface area contributed by atoms with Crippen molar-refractivity contribution < 1.29 is 4.79 Å². The SMILES string of the molecule is NC(=O)c1cc(-c2ccccc2)cc2c(NC3CCCNC3)ncnc12. The van der Waals surface area contributed by atoms with Crippen molar-refractivity contribution >= 4 is 22.6 Å². The number of hydrogen-bond acceptors (Lipinski definition) is 5. The first-order chi connectivity index (χ1) is 12.7. The number of nitrogens with one attached hydrogen (secondary N) is 2. The molecule has 4 N–H and O–H groups in total. The van der Waals surface area contributed by atoms with Gasteiger partial charge in [0, 0.05) is 18.0 Å². The van der Waals surface area contributed by atoms with Gasteiger partial charge in [0.2, 0.25) is 0 Å². The second kappa shape index (κ2) is 7.09. The lowest BCUT2D eigenvalue weighted by molar-refractivity contribution is 0.100. The van der Waals surface area contributed by atoms with E-state index in [0.29, 0.717) is 17.1 Å². The predicted octanol–water partition coefficient (Wildman–Crippen LogP) is 2.56.